The lowest BCUT2D eigenvalue weighted by atomic mass is 9.97. The van der Waals surface area contributed by atoms with Crippen molar-refractivity contribution < 1.29 is 19.5 Å². The highest BCUT2D eigenvalue weighted by molar-refractivity contribution is 5.99. The minimum Gasteiger partial charge on any atom is -0.481 e. The molecule has 1 aromatic carbocycles. The summed E-state index contributed by atoms with van der Waals surface area (Å²) in [4.78, 5) is 37.0. The van der Waals surface area contributed by atoms with E-state index in [0.29, 0.717) is 30.6 Å². The van der Waals surface area contributed by atoms with Crippen molar-refractivity contribution in [3.63, 3.8) is 0 Å². The van der Waals surface area contributed by atoms with E-state index in [-0.39, 0.29) is 24.3 Å². The van der Waals surface area contributed by atoms with Gasteiger partial charge < -0.3 is 15.3 Å². The lowest BCUT2D eigenvalue weighted by molar-refractivity contribution is -0.142. The molecule has 1 saturated heterocycles. The summed E-state index contributed by atoms with van der Waals surface area (Å²) in [5.41, 5.74) is 1.14. The Morgan fingerprint density at radius 2 is 2.08 bits per heavy atom. The van der Waals surface area contributed by atoms with Crippen LogP contribution in [0.3, 0.4) is 0 Å². The number of aliphatic carboxylic acids is 1. The van der Waals surface area contributed by atoms with E-state index in [1.165, 1.54) is 0 Å². The van der Waals surface area contributed by atoms with Crippen molar-refractivity contribution in [2.45, 2.75) is 33.1 Å². The van der Waals surface area contributed by atoms with Crippen LogP contribution >= 0.6 is 0 Å². The molecule has 1 unspecified atom stereocenters. The zero-order chi connectivity index (χ0) is 17.7. The third-order valence-corrected chi connectivity index (χ3v) is 4.11. The second-order valence-corrected chi connectivity index (χ2v) is 6.57. The van der Waals surface area contributed by atoms with Gasteiger partial charge in [0.25, 0.3) is 5.91 Å². The lowest BCUT2D eigenvalue weighted by Crippen LogP contribution is -2.33. The highest BCUT2D eigenvalue weighted by atomic mass is 16.4. The maximum atomic E-state index is 12.3. The summed E-state index contributed by atoms with van der Waals surface area (Å²) in [5.74, 6) is -1.51. The van der Waals surface area contributed by atoms with Gasteiger partial charge in [0, 0.05) is 30.8 Å². The van der Waals surface area contributed by atoms with E-state index in [1.54, 1.807) is 29.2 Å². The van der Waals surface area contributed by atoms with Gasteiger partial charge in [-0.05, 0) is 37.0 Å². The number of carboxylic acids is 1. The molecule has 0 radical (unpaired) electrons. The highest BCUT2D eigenvalue weighted by Gasteiger charge is 2.23. The van der Waals surface area contributed by atoms with Crippen LogP contribution in [0.4, 0.5) is 5.69 Å². The Bertz CT molecular complexity index is 627. The van der Waals surface area contributed by atoms with Gasteiger partial charge in [-0.2, -0.15) is 0 Å². The third-order valence-electron chi connectivity index (χ3n) is 4.11. The predicted octanol–water partition coefficient (Wildman–Crippen LogP) is 2.29. The summed E-state index contributed by atoms with van der Waals surface area (Å²) in [7, 11) is 0. The lowest BCUT2D eigenvalue weighted by Gasteiger charge is -2.17. The first kappa shape index (κ1) is 18.0. The molecule has 0 saturated carbocycles. The molecule has 1 heterocycles. The summed E-state index contributed by atoms with van der Waals surface area (Å²) in [6.07, 6.45) is 1.87. The second-order valence-electron chi connectivity index (χ2n) is 6.57. The van der Waals surface area contributed by atoms with Gasteiger partial charge in [0.1, 0.15) is 0 Å². The van der Waals surface area contributed by atoms with Gasteiger partial charge in [-0.25, -0.2) is 0 Å². The van der Waals surface area contributed by atoms with E-state index >= 15 is 0 Å². The van der Waals surface area contributed by atoms with Crippen molar-refractivity contribution in [3.05, 3.63) is 29.8 Å². The van der Waals surface area contributed by atoms with Gasteiger partial charge in [0.15, 0.2) is 0 Å². The van der Waals surface area contributed by atoms with E-state index in [2.05, 4.69) is 5.32 Å². The fourth-order valence-electron chi connectivity index (χ4n) is 2.89. The molecule has 0 bridgehead atoms. The molecule has 6 nitrogen and oxygen atoms in total. The van der Waals surface area contributed by atoms with Gasteiger partial charge in [0.2, 0.25) is 5.91 Å². The average molecular weight is 332 g/mol. The van der Waals surface area contributed by atoms with Crippen molar-refractivity contribution in [1.82, 2.24) is 5.32 Å². The van der Waals surface area contributed by atoms with Gasteiger partial charge in [0.05, 0.1) is 5.92 Å². The largest absolute Gasteiger partial charge is 0.481 e. The van der Waals surface area contributed by atoms with Crippen LogP contribution in [-0.4, -0.2) is 36.0 Å². The van der Waals surface area contributed by atoms with Crippen molar-refractivity contribution in [1.29, 1.82) is 0 Å². The molecule has 1 aromatic rings. The maximum Gasteiger partial charge on any atom is 0.308 e. The fourth-order valence-corrected chi connectivity index (χ4v) is 2.89. The number of rotatable bonds is 7. The van der Waals surface area contributed by atoms with Crippen molar-refractivity contribution in [2.75, 3.05) is 18.0 Å². The Labute approximate surface area is 141 Å². The zero-order valence-corrected chi connectivity index (χ0v) is 14.1. The highest BCUT2D eigenvalue weighted by Crippen LogP contribution is 2.22. The van der Waals surface area contributed by atoms with Crippen LogP contribution in [0.15, 0.2) is 24.3 Å². The normalized spacial score (nSPS) is 15.6. The number of carboxylic acid groups (broad SMARTS) is 1. The topological polar surface area (TPSA) is 86.7 Å². The molecule has 6 heteroatoms. The summed E-state index contributed by atoms with van der Waals surface area (Å²) < 4.78 is 0. The number of carbonyl (C=O) groups is 3. The fraction of sp³-hybridized carbons (Fsp3) is 0.500. The second kappa shape index (κ2) is 7.95. The number of benzene rings is 1. The predicted molar refractivity (Wildman–Crippen MR) is 90.9 cm³/mol. The Morgan fingerprint density at radius 1 is 1.33 bits per heavy atom. The minimum atomic E-state index is -0.902. The van der Waals surface area contributed by atoms with E-state index < -0.39 is 11.9 Å². The summed E-state index contributed by atoms with van der Waals surface area (Å²) >= 11 is 0. The third kappa shape index (κ3) is 4.57. The minimum absolute atomic E-state index is 0.0652. The number of amides is 2. The Morgan fingerprint density at radius 3 is 2.67 bits per heavy atom. The van der Waals surface area contributed by atoms with E-state index in [0.717, 1.165) is 6.42 Å². The molecule has 2 amide bonds. The van der Waals surface area contributed by atoms with Crippen LogP contribution in [0.5, 0.6) is 0 Å². The summed E-state index contributed by atoms with van der Waals surface area (Å²) in [5, 5.41) is 11.9. The number of hydrogen-bond acceptors (Lipinski definition) is 3. The molecule has 0 spiro atoms. The maximum absolute atomic E-state index is 12.3. The first-order valence-electron chi connectivity index (χ1n) is 8.30. The number of hydrogen-bond donors (Lipinski definition) is 2. The van der Waals surface area contributed by atoms with E-state index in [1.807, 2.05) is 13.8 Å². The quantitative estimate of drug-likeness (QED) is 0.802. The monoisotopic (exact) mass is 332 g/mol. The molecule has 2 rings (SSSR count). The molecule has 130 valence electrons. The SMILES string of the molecule is CC(C)CC(CNC(=O)c1cccc(N2CCCC2=O)c1)C(=O)O. The summed E-state index contributed by atoms with van der Waals surface area (Å²) in [6.45, 7) is 4.67. The van der Waals surface area contributed by atoms with Gasteiger partial charge in [-0.3, -0.25) is 14.4 Å². The Kier molecular flexibility index (Phi) is 5.95. The molecular formula is C18H24N2O4. The molecule has 1 aliphatic rings. The Hall–Kier alpha value is -2.37. The molecule has 24 heavy (non-hydrogen) atoms. The first-order valence-corrected chi connectivity index (χ1v) is 8.30. The molecular weight excluding hydrogens is 308 g/mol. The van der Waals surface area contributed by atoms with Crippen molar-refractivity contribution in [3.8, 4) is 0 Å². The van der Waals surface area contributed by atoms with Crippen LogP contribution < -0.4 is 10.2 Å². The molecule has 0 aromatic heterocycles. The van der Waals surface area contributed by atoms with E-state index in [4.69, 9.17) is 0 Å². The molecule has 1 aliphatic heterocycles. The average Bonchev–Trinajstić information content (AvgIpc) is 2.96. The van der Waals surface area contributed by atoms with Crippen molar-refractivity contribution in [2.24, 2.45) is 11.8 Å². The van der Waals surface area contributed by atoms with Crippen LogP contribution in [0.2, 0.25) is 0 Å². The van der Waals surface area contributed by atoms with Gasteiger partial charge in [-0.1, -0.05) is 19.9 Å². The number of nitrogens with one attached hydrogen (secondary N) is 1. The number of anilines is 1. The van der Waals surface area contributed by atoms with Crippen molar-refractivity contribution >= 4 is 23.5 Å². The van der Waals surface area contributed by atoms with Crippen LogP contribution in [-0.2, 0) is 9.59 Å². The van der Waals surface area contributed by atoms with Crippen LogP contribution in [0, 0.1) is 11.8 Å². The van der Waals surface area contributed by atoms with E-state index in [9.17, 15) is 19.5 Å². The smallest absolute Gasteiger partial charge is 0.308 e. The van der Waals surface area contributed by atoms with Crippen LogP contribution in [0.1, 0.15) is 43.5 Å². The molecule has 0 aliphatic carbocycles. The molecule has 1 atom stereocenters. The molecule has 2 N–H and O–H groups in total. The first-order chi connectivity index (χ1) is 11.4. The zero-order valence-electron chi connectivity index (χ0n) is 14.1. The van der Waals surface area contributed by atoms with Gasteiger partial charge >= 0.3 is 5.97 Å². The van der Waals surface area contributed by atoms with Crippen LogP contribution in [0.25, 0.3) is 0 Å². The van der Waals surface area contributed by atoms with Gasteiger partial charge in [-0.15, -0.1) is 0 Å². The number of nitrogens with zero attached hydrogens (tertiary/aromatic N) is 1. The number of carbonyl (C=O) groups excluding carboxylic acids is 2. The standard InChI is InChI=1S/C18H24N2O4/c1-12(2)9-14(18(23)24)11-19-17(22)13-5-3-6-15(10-13)20-8-4-7-16(20)21/h3,5-6,10,12,14H,4,7-9,11H2,1-2H3,(H,19,22)(H,23,24). The summed E-state index contributed by atoms with van der Waals surface area (Å²) in [6, 6.07) is 6.88. The Balaban J connectivity index is 2.02. The molecule has 1 fully saturated rings.